The molecular formula is C22H25N3O. The summed E-state index contributed by atoms with van der Waals surface area (Å²) in [6.07, 6.45) is 3.99. The van der Waals surface area contributed by atoms with Crippen LogP contribution in [0.2, 0.25) is 0 Å². The minimum absolute atomic E-state index is 0.00506. The fourth-order valence-corrected chi connectivity index (χ4v) is 3.58. The molecular weight excluding hydrogens is 322 g/mol. The highest BCUT2D eigenvalue weighted by molar-refractivity contribution is 5.95. The fraction of sp³-hybridized carbons (Fsp3) is 0.273. The van der Waals surface area contributed by atoms with Crippen molar-refractivity contribution in [3.63, 3.8) is 0 Å². The van der Waals surface area contributed by atoms with Gasteiger partial charge in [-0.2, -0.15) is 5.10 Å². The van der Waals surface area contributed by atoms with Gasteiger partial charge in [0.05, 0.1) is 11.8 Å². The van der Waals surface area contributed by atoms with Crippen molar-refractivity contribution in [2.75, 3.05) is 11.4 Å². The van der Waals surface area contributed by atoms with Gasteiger partial charge in [0.1, 0.15) is 0 Å². The van der Waals surface area contributed by atoms with E-state index in [1.54, 1.807) is 18.3 Å². The molecule has 0 unspecified atom stereocenters. The van der Waals surface area contributed by atoms with Gasteiger partial charge in [0.25, 0.3) is 5.91 Å². The summed E-state index contributed by atoms with van der Waals surface area (Å²) in [4.78, 5) is 14.4. The molecule has 2 aromatic rings. The minimum atomic E-state index is -0.213. The van der Waals surface area contributed by atoms with Gasteiger partial charge < -0.3 is 4.90 Å². The van der Waals surface area contributed by atoms with Crippen LogP contribution in [0.4, 0.5) is 5.69 Å². The second kappa shape index (κ2) is 7.16. The number of anilines is 1. The zero-order valence-electron chi connectivity index (χ0n) is 15.8. The maximum Gasteiger partial charge on any atom is 0.271 e. The van der Waals surface area contributed by atoms with E-state index in [1.807, 2.05) is 24.3 Å². The standard InChI is InChI=1S/C22H25N3O/c1-5-25-20-12-11-17(13-19(20)16(2)14-22(25,3)4)15-23-24-21(26)18-9-7-6-8-10-18/h6-15H,5H2,1-4H3,(H,24,26)/b23-15+. The fourth-order valence-electron chi connectivity index (χ4n) is 3.58. The molecule has 0 atom stereocenters. The van der Waals surface area contributed by atoms with Crippen molar-refractivity contribution in [2.24, 2.45) is 5.10 Å². The smallest absolute Gasteiger partial charge is 0.271 e. The number of benzene rings is 2. The van der Waals surface area contributed by atoms with Crippen molar-refractivity contribution < 1.29 is 4.79 Å². The number of nitrogens with zero attached hydrogens (tertiary/aromatic N) is 2. The molecule has 1 N–H and O–H groups in total. The lowest BCUT2D eigenvalue weighted by atomic mass is 9.88. The lowest BCUT2D eigenvalue weighted by Crippen LogP contribution is -2.44. The molecule has 0 aromatic heterocycles. The van der Waals surface area contributed by atoms with Crippen LogP contribution in [0.15, 0.2) is 59.7 Å². The SMILES string of the molecule is CCN1c2ccc(/C=N/NC(=O)c3ccccc3)cc2C(C)=CC1(C)C. The molecule has 4 nitrogen and oxygen atoms in total. The maximum absolute atomic E-state index is 12.0. The summed E-state index contributed by atoms with van der Waals surface area (Å²) in [6, 6.07) is 15.4. The molecule has 0 saturated carbocycles. The quantitative estimate of drug-likeness (QED) is 0.655. The number of allylic oxidation sites excluding steroid dienone is 1. The van der Waals surface area contributed by atoms with Crippen LogP contribution in [0.25, 0.3) is 5.57 Å². The van der Waals surface area contributed by atoms with E-state index in [1.165, 1.54) is 16.8 Å². The van der Waals surface area contributed by atoms with Gasteiger partial charge in [-0.25, -0.2) is 5.43 Å². The van der Waals surface area contributed by atoms with E-state index < -0.39 is 0 Å². The number of hydrogen-bond donors (Lipinski definition) is 1. The molecule has 4 heteroatoms. The maximum atomic E-state index is 12.0. The van der Waals surface area contributed by atoms with Crippen LogP contribution in [0, 0.1) is 0 Å². The first-order valence-corrected chi connectivity index (χ1v) is 8.92. The minimum Gasteiger partial charge on any atom is -0.363 e. The first-order chi connectivity index (χ1) is 12.4. The Hall–Kier alpha value is -2.88. The number of carbonyl (C=O) groups excluding carboxylic acids is 1. The van der Waals surface area contributed by atoms with E-state index in [9.17, 15) is 4.79 Å². The Morgan fingerprint density at radius 1 is 1.19 bits per heavy atom. The van der Waals surface area contributed by atoms with E-state index in [4.69, 9.17) is 0 Å². The van der Waals surface area contributed by atoms with Crippen molar-refractivity contribution in [1.29, 1.82) is 0 Å². The van der Waals surface area contributed by atoms with E-state index in [0.717, 1.165) is 12.1 Å². The molecule has 2 aromatic carbocycles. The average Bonchev–Trinajstić information content (AvgIpc) is 2.62. The normalized spacial score (nSPS) is 15.5. The number of amides is 1. The zero-order valence-corrected chi connectivity index (χ0v) is 15.8. The number of hydrogen-bond acceptors (Lipinski definition) is 3. The summed E-state index contributed by atoms with van der Waals surface area (Å²) in [6.45, 7) is 9.74. The van der Waals surface area contributed by atoms with Gasteiger partial charge >= 0.3 is 0 Å². The average molecular weight is 347 g/mol. The largest absolute Gasteiger partial charge is 0.363 e. The van der Waals surface area contributed by atoms with Crippen molar-refractivity contribution in [1.82, 2.24) is 5.43 Å². The first kappa shape index (κ1) is 17.9. The van der Waals surface area contributed by atoms with Crippen molar-refractivity contribution >= 4 is 23.4 Å². The molecule has 1 heterocycles. The molecule has 1 aliphatic rings. The molecule has 0 radical (unpaired) electrons. The Morgan fingerprint density at radius 2 is 1.92 bits per heavy atom. The van der Waals surface area contributed by atoms with Crippen molar-refractivity contribution in [3.8, 4) is 0 Å². The number of fused-ring (bicyclic) bond motifs is 1. The summed E-state index contributed by atoms with van der Waals surface area (Å²) in [5, 5.41) is 4.10. The zero-order chi connectivity index (χ0) is 18.7. The summed E-state index contributed by atoms with van der Waals surface area (Å²) < 4.78 is 0. The highest BCUT2D eigenvalue weighted by Gasteiger charge is 2.29. The van der Waals surface area contributed by atoms with Gasteiger partial charge in [0.15, 0.2) is 0 Å². The summed E-state index contributed by atoms with van der Waals surface area (Å²) in [5.74, 6) is -0.213. The van der Waals surface area contributed by atoms with E-state index in [-0.39, 0.29) is 11.4 Å². The molecule has 0 bridgehead atoms. The number of likely N-dealkylation sites (N-methyl/N-ethyl adjacent to an activating group) is 1. The first-order valence-electron chi connectivity index (χ1n) is 8.92. The van der Waals surface area contributed by atoms with Crippen molar-refractivity contribution in [3.05, 3.63) is 71.3 Å². The van der Waals surface area contributed by atoms with Gasteiger partial charge in [0, 0.05) is 23.4 Å². The summed E-state index contributed by atoms with van der Waals surface area (Å²) >= 11 is 0. The topological polar surface area (TPSA) is 44.7 Å². The highest BCUT2D eigenvalue weighted by Crippen LogP contribution is 2.38. The predicted octanol–water partition coefficient (Wildman–Crippen LogP) is 4.47. The molecule has 1 aliphatic heterocycles. The Labute approximate surface area is 155 Å². The highest BCUT2D eigenvalue weighted by atomic mass is 16.2. The van der Waals surface area contributed by atoms with Gasteiger partial charge in [-0.3, -0.25) is 4.79 Å². The second-order valence-electron chi connectivity index (χ2n) is 7.07. The molecule has 0 spiro atoms. The number of nitrogens with one attached hydrogen (secondary N) is 1. The van der Waals surface area contributed by atoms with Crippen LogP contribution in [0.1, 0.15) is 49.2 Å². The third-order valence-electron chi connectivity index (χ3n) is 4.73. The van der Waals surface area contributed by atoms with Gasteiger partial charge in [0.2, 0.25) is 0 Å². The van der Waals surface area contributed by atoms with Crippen LogP contribution >= 0.6 is 0 Å². The Bertz CT molecular complexity index is 866. The Balaban J connectivity index is 1.79. The van der Waals surface area contributed by atoms with Gasteiger partial charge in [-0.1, -0.05) is 30.3 Å². The molecule has 0 saturated heterocycles. The Kier molecular flexibility index (Phi) is 4.94. The van der Waals surface area contributed by atoms with Gasteiger partial charge in [-0.05, 0) is 63.1 Å². The van der Waals surface area contributed by atoms with Crippen LogP contribution in [-0.2, 0) is 0 Å². The predicted molar refractivity (Wildman–Crippen MR) is 109 cm³/mol. The number of rotatable bonds is 4. The third-order valence-corrected chi connectivity index (χ3v) is 4.73. The van der Waals surface area contributed by atoms with E-state index in [0.29, 0.717) is 5.56 Å². The third kappa shape index (κ3) is 3.54. The monoisotopic (exact) mass is 347 g/mol. The van der Waals surface area contributed by atoms with E-state index in [2.05, 4.69) is 61.3 Å². The molecule has 134 valence electrons. The molecule has 0 aliphatic carbocycles. The molecule has 3 rings (SSSR count). The number of hydrazone groups is 1. The second-order valence-corrected chi connectivity index (χ2v) is 7.07. The van der Waals surface area contributed by atoms with Crippen LogP contribution in [0.3, 0.4) is 0 Å². The van der Waals surface area contributed by atoms with Gasteiger partial charge in [-0.15, -0.1) is 0 Å². The van der Waals surface area contributed by atoms with Crippen LogP contribution in [0.5, 0.6) is 0 Å². The summed E-state index contributed by atoms with van der Waals surface area (Å²) in [5.41, 5.74) is 7.85. The summed E-state index contributed by atoms with van der Waals surface area (Å²) in [7, 11) is 0. The van der Waals surface area contributed by atoms with Crippen LogP contribution in [-0.4, -0.2) is 24.2 Å². The van der Waals surface area contributed by atoms with Crippen LogP contribution < -0.4 is 10.3 Å². The van der Waals surface area contributed by atoms with E-state index >= 15 is 0 Å². The Morgan fingerprint density at radius 3 is 2.62 bits per heavy atom. The molecule has 0 fully saturated rings. The number of carbonyl (C=O) groups is 1. The lowest BCUT2D eigenvalue weighted by molar-refractivity contribution is 0.0955. The lowest BCUT2D eigenvalue weighted by Gasteiger charge is -2.42. The molecule has 26 heavy (non-hydrogen) atoms. The van der Waals surface area contributed by atoms with Crippen molar-refractivity contribution in [2.45, 2.75) is 33.2 Å². The molecule has 1 amide bonds.